The molecule has 0 radical (unpaired) electrons. The van der Waals surface area contributed by atoms with Crippen LogP contribution in [0.4, 0.5) is 11.4 Å². The number of anilines is 2. The molecule has 1 aromatic heterocycles. The Bertz CT molecular complexity index is 1210. The van der Waals surface area contributed by atoms with Crippen LogP contribution >= 0.6 is 0 Å². The van der Waals surface area contributed by atoms with Gasteiger partial charge in [-0.3, -0.25) is 14.6 Å². The summed E-state index contributed by atoms with van der Waals surface area (Å²) in [5, 5.41) is 2.99. The first kappa shape index (κ1) is 21.9. The molecule has 5 rings (SSSR count). The highest BCUT2D eigenvalue weighted by atomic mass is 16.5. The summed E-state index contributed by atoms with van der Waals surface area (Å²) >= 11 is 0. The minimum absolute atomic E-state index is 0.165. The molecule has 2 aromatic carbocycles. The summed E-state index contributed by atoms with van der Waals surface area (Å²) in [5.74, 6) is -0.223. The lowest BCUT2D eigenvalue weighted by atomic mass is 10.1. The first-order valence-corrected chi connectivity index (χ1v) is 11.4. The number of amides is 2. The van der Waals surface area contributed by atoms with Crippen LogP contribution in [-0.2, 0) is 11.2 Å². The maximum atomic E-state index is 12.8. The summed E-state index contributed by atoms with van der Waals surface area (Å²) in [4.78, 5) is 30.6. The monoisotopic (exact) mass is 458 g/mol. The van der Waals surface area contributed by atoms with Crippen LogP contribution in [0.1, 0.15) is 44.4 Å². The number of nitrogens with one attached hydrogen (secondary N) is 1. The van der Waals surface area contributed by atoms with E-state index in [-0.39, 0.29) is 12.0 Å². The van der Waals surface area contributed by atoms with Crippen molar-refractivity contribution in [1.29, 1.82) is 0 Å². The lowest BCUT2D eigenvalue weighted by Crippen LogP contribution is -2.36. The largest absolute Gasteiger partial charge is 0.484 e. The minimum Gasteiger partial charge on any atom is -0.484 e. The van der Waals surface area contributed by atoms with Crippen LogP contribution in [0.5, 0.6) is 5.75 Å². The fourth-order valence-electron chi connectivity index (χ4n) is 4.40. The van der Waals surface area contributed by atoms with E-state index in [9.17, 15) is 9.59 Å². The van der Waals surface area contributed by atoms with E-state index in [0.717, 1.165) is 50.4 Å². The highest BCUT2D eigenvalue weighted by Gasteiger charge is 2.25. The molecule has 0 unspecified atom stereocenters. The van der Waals surface area contributed by atoms with Gasteiger partial charge in [-0.2, -0.15) is 0 Å². The number of hydrogen-bond donors (Lipinski definition) is 2. The number of aromatic nitrogens is 1. The Balaban J connectivity index is 1.27. The van der Waals surface area contributed by atoms with Crippen molar-refractivity contribution in [3.05, 3.63) is 83.2 Å². The fourth-order valence-corrected chi connectivity index (χ4v) is 4.40. The third kappa shape index (κ3) is 4.72. The topological polar surface area (TPSA) is 107 Å². The number of nitrogens with zero attached hydrogens (tertiary/aromatic N) is 2. The lowest BCUT2D eigenvalue weighted by Gasteiger charge is -2.28. The Morgan fingerprint density at radius 2 is 1.82 bits per heavy atom. The molecule has 2 amide bonds. The summed E-state index contributed by atoms with van der Waals surface area (Å²) < 4.78 is 11.5. The molecule has 3 aromatic rings. The zero-order chi connectivity index (χ0) is 23.5. The van der Waals surface area contributed by atoms with E-state index in [2.05, 4.69) is 15.2 Å². The quantitative estimate of drug-likeness (QED) is 0.587. The van der Waals surface area contributed by atoms with Gasteiger partial charge in [-0.05, 0) is 66.4 Å². The van der Waals surface area contributed by atoms with Crippen molar-refractivity contribution in [2.24, 2.45) is 5.73 Å². The number of ether oxygens (including phenoxy) is 2. The van der Waals surface area contributed by atoms with Gasteiger partial charge < -0.3 is 25.4 Å². The average molecular weight is 459 g/mol. The summed E-state index contributed by atoms with van der Waals surface area (Å²) in [6.07, 6.45) is 4.47. The first-order chi connectivity index (χ1) is 16.6. The van der Waals surface area contributed by atoms with Gasteiger partial charge in [0.15, 0.2) is 0 Å². The molecule has 1 aliphatic carbocycles. The molecule has 1 fully saturated rings. The van der Waals surface area contributed by atoms with Gasteiger partial charge in [0.05, 0.1) is 25.0 Å². The highest BCUT2D eigenvalue weighted by molar-refractivity contribution is 6.04. The van der Waals surface area contributed by atoms with Crippen molar-refractivity contribution in [2.45, 2.75) is 18.9 Å². The molecule has 8 heteroatoms. The average Bonchev–Trinajstić information content (AvgIpc) is 3.26. The van der Waals surface area contributed by atoms with Gasteiger partial charge in [-0.15, -0.1) is 0 Å². The third-order valence-corrected chi connectivity index (χ3v) is 6.21. The number of hydrogen-bond acceptors (Lipinski definition) is 6. The van der Waals surface area contributed by atoms with E-state index in [1.165, 1.54) is 11.8 Å². The van der Waals surface area contributed by atoms with E-state index in [0.29, 0.717) is 22.6 Å². The van der Waals surface area contributed by atoms with Crippen molar-refractivity contribution in [2.75, 3.05) is 36.5 Å². The molecule has 0 bridgehead atoms. The number of carbonyl (C=O) groups is 2. The second-order valence-corrected chi connectivity index (χ2v) is 8.43. The first-order valence-electron chi connectivity index (χ1n) is 11.4. The van der Waals surface area contributed by atoms with E-state index in [1.54, 1.807) is 12.3 Å². The number of rotatable bonds is 6. The molecule has 2 heterocycles. The van der Waals surface area contributed by atoms with E-state index in [4.69, 9.17) is 15.2 Å². The SMILES string of the molecule is NC(=O)c1cncc(O[C@@H]2CCc3ccc(NC(=O)c4ccc(N5CCOCC5)cc4)cc32)c1. The second kappa shape index (κ2) is 9.52. The Morgan fingerprint density at radius 1 is 1.03 bits per heavy atom. The van der Waals surface area contributed by atoms with Gasteiger partial charge in [0.2, 0.25) is 5.91 Å². The third-order valence-electron chi connectivity index (χ3n) is 6.21. The van der Waals surface area contributed by atoms with Crippen LogP contribution in [0.2, 0.25) is 0 Å². The van der Waals surface area contributed by atoms with Crippen molar-refractivity contribution >= 4 is 23.2 Å². The number of aryl methyl sites for hydroxylation is 1. The molecule has 8 nitrogen and oxygen atoms in total. The van der Waals surface area contributed by atoms with Gasteiger partial charge in [0.1, 0.15) is 11.9 Å². The fraction of sp³-hybridized carbons (Fsp3) is 0.269. The predicted molar refractivity (Wildman–Crippen MR) is 128 cm³/mol. The summed E-state index contributed by atoms with van der Waals surface area (Å²) in [6, 6.07) is 15.1. The van der Waals surface area contributed by atoms with Crippen LogP contribution in [-0.4, -0.2) is 43.1 Å². The van der Waals surface area contributed by atoms with Crippen LogP contribution in [0.3, 0.4) is 0 Å². The molecule has 1 saturated heterocycles. The van der Waals surface area contributed by atoms with Gasteiger partial charge in [-0.1, -0.05) is 6.07 Å². The van der Waals surface area contributed by atoms with Crippen LogP contribution in [0.15, 0.2) is 60.9 Å². The zero-order valence-electron chi connectivity index (χ0n) is 18.7. The van der Waals surface area contributed by atoms with Crippen molar-refractivity contribution in [1.82, 2.24) is 4.98 Å². The molecule has 34 heavy (non-hydrogen) atoms. The standard InChI is InChI=1S/C26H26N4O4/c27-25(31)19-13-22(16-28-15-19)34-24-8-4-17-1-5-20(14-23(17)24)29-26(32)18-2-6-21(7-3-18)30-9-11-33-12-10-30/h1-3,5-7,13-16,24H,4,8-12H2,(H2,27,31)(H,29,32)/t24-/m1/s1. The Kier molecular flexibility index (Phi) is 6.14. The van der Waals surface area contributed by atoms with Gasteiger partial charge in [0, 0.05) is 36.2 Å². The number of nitrogens with two attached hydrogens (primary N) is 1. The Labute approximate surface area is 197 Å². The highest BCUT2D eigenvalue weighted by Crippen LogP contribution is 2.36. The molecule has 0 saturated carbocycles. The molecule has 1 aliphatic heterocycles. The number of primary amides is 1. The molecule has 1 atom stereocenters. The van der Waals surface area contributed by atoms with Crippen LogP contribution < -0.4 is 20.7 Å². The van der Waals surface area contributed by atoms with E-state index in [1.807, 2.05) is 42.5 Å². The second-order valence-electron chi connectivity index (χ2n) is 8.43. The van der Waals surface area contributed by atoms with E-state index < -0.39 is 5.91 Å². The minimum atomic E-state index is -0.548. The summed E-state index contributed by atoms with van der Waals surface area (Å²) in [6.45, 7) is 3.15. The lowest BCUT2D eigenvalue weighted by molar-refractivity contribution is 0.0996. The van der Waals surface area contributed by atoms with E-state index >= 15 is 0 Å². The molecule has 174 valence electrons. The molecular formula is C26H26N4O4. The Morgan fingerprint density at radius 3 is 2.59 bits per heavy atom. The van der Waals surface area contributed by atoms with Crippen LogP contribution in [0.25, 0.3) is 0 Å². The number of benzene rings is 2. The van der Waals surface area contributed by atoms with Crippen molar-refractivity contribution in [3.63, 3.8) is 0 Å². The molecule has 2 aliphatic rings. The molecular weight excluding hydrogens is 432 g/mol. The van der Waals surface area contributed by atoms with Crippen LogP contribution in [0, 0.1) is 0 Å². The number of pyridine rings is 1. The normalized spacial score (nSPS) is 17.2. The summed E-state index contributed by atoms with van der Waals surface area (Å²) in [7, 11) is 0. The predicted octanol–water partition coefficient (Wildman–Crippen LogP) is 3.34. The van der Waals surface area contributed by atoms with Gasteiger partial charge >= 0.3 is 0 Å². The number of morpholine rings is 1. The smallest absolute Gasteiger partial charge is 0.255 e. The number of carbonyl (C=O) groups excluding carboxylic acids is 2. The molecule has 3 N–H and O–H groups in total. The summed E-state index contributed by atoms with van der Waals surface area (Å²) in [5.41, 5.74) is 10.2. The molecule has 0 spiro atoms. The van der Waals surface area contributed by atoms with Crippen molar-refractivity contribution < 1.29 is 19.1 Å². The van der Waals surface area contributed by atoms with Crippen molar-refractivity contribution in [3.8, 4) is 5.75 Å². The maximum absolute atomic E-state index is 12.8. The zero-order valence-corrected chi connectivity index (χ0v) is 18.7. The van der Waals surface area contributed by atoms with Gasteiger partial charge in [-0.25, -0.2) is 0 Å². The maximum Gasteiger partial charge on any atom is 0.255 e. The Hall–Kier alpha value is -3.91. The van der Waals surface area contributed by atoms with Gasteiger partial charge in [0.25, 0.3) is 5.91 Å². The number of fused-ring (bicyclic) bond motifs is 1.